The molecule has 0 fully saturated rings. The van der Waals surface area contributed by atoms with E-state index < -0.39 is 4.92 Å². The van der Waals surface area contributed by atoms with E-state index in [1.54, 1.807) is 6.92 Å². The second-order valence-electron chi connectivity index (χ2n) is 3.89. The van der Waals surface area contributed by atoms with Crippen molar-refractivity contribution in [1.29, 1.82) is 5.41 Å². The first kappa shape index (κ1) is 12.6. The quantitative estimate of drug-likeness (QED) is 0.498. The third kappa shape index (κ3) is 2.22. The third-order valence-electron chi connectivity index (χ3n) is 2.43. The molecule has 4 nitrogen and oxygen atoms in total. The first-order valence-corrected chi connectivity index (χ1v) is 5.26. The number of benzene rings is 1. The summed E-state index contributed by atoms with van der Waals surface area (Å²) in [6, 6.07) is 2.84. The molecule has 0 saturated carbocycles. The second-order valence-corrected chi connectivity index (χ2v) is 4.30. The molecule has 0 aliphatic rings. The van der Waals surface area contributed by atoms with Gasteiger partial charge >= 0.3 is 0 Å². The largest absolute Gasteiger partial charge is 0.304 e. The van der Waals surface area contributed by atoms with Gasteiger partial charge in [0.2, 0.25) is 0 Å². The molecule has 1 N–H and O–H groups in total. The van der Waals surface area contributed by atoms with Gasteiger partial charge in [-0.3, -0.25) is 10.1 Å². The Kier molecular flexibility index (Phi) is 3.65. The summed E-state index contributed by atoms with van der Waals surface area (Å²) < 4.78 is 0. The summed E-state index contributed by atoms with van der Waals surface area (Å²) in [4.78, 5) is 10.3. The van der Waals surface area contributed by atoms with Crippen LogP contribution in [0.15, 0.2) is 12.1 Å². The Hall–Kier alpha value is -1.42. The van der Waals surface area contributed by atoms with E-state index in [9.17, 15) is 10.1 Å². The van der Waals surface area contributed by atoms with E-state index in [-0.39, 0.29) is 11.6 Å². The molecule has 0 saturated heterocycles. The number of nitrogens with zero attached hydrogens (tertiary/aromatic N) is 1. The number of nitrogens with one attached hydrogen (secondary N) is 1. The summed E-state index contributed by atoms with van der Waals surface area (Å²) in [5.74, 6) is -0.0156. The fourth-order valence-corrected chi connectivity index (χ4v) is 1.79. The lowest BCUT2D eigenvalue weighted by molar-refractivity contribution is -0.385. The standard InChI is InChI=1S/C11H13ClN2O2/c1-6(2)11(13)10-7(3)9(14(15)16)5-4-8(10)12/h4-6,13H,1-3H3. The molecule has 0 bridgehead atoms. The molecule has 0 atom stereocenters. The van der Waals surface area contributed by atoms with Gasteiger partial charge in [0.15, 0.2) is 0 Å². The zero-order valence-corrected chi connectivity index (χ0v) is 10.1. The lowest BCUT2D eigenvalue weighted by atomic mass is 9.95. The fraction of sp³-hybridized carbons (Fsp3) is 0.364. The Balaban J connectivity index is 3.43. The molecule has 0 aliphatic carbocycles. The predicted molar refractivity (Wildman–Crippen MR) is 64.5 cm³/mol. The number of halogens is 1. The Bertz CT molecular complexity index is 456. The maximum Gasteiger partial charge on any atom is 0.273 e. The van der Waals surface area contributed by atoms with Crippen molar-refractivity contribution in [3.05, 3.63) is 38.4 Å². The molecule has 86 valence electrons. The van der Waals surface area contributed by atoms with Gasteiger partial charge in [-0.15, -0.1) is 0 Å². The zero-order valence-electron chi connectivity index (χ0n) is 9.37. The average Bonchev–Trinajstić information content (AvgIpc) is 2.16. The van der Waals surface area contributed by atoms with Crippen LogP contribution in [0.1, 0.15) is 25.0 Å². The van der Waals surface area contributed by atoms with Gasteiger partial charge in [-0.2, -0.15) is 0 Å². The topological polar surface area (TPSA) is 67.0 Å². The van der Waals surface area contributed by atoms with Crippen LogP contribution in [0.25, 0.3) is 0 Å². The zero-order chi connectivity index (χ0) is 12.5. The Morgan fingerprint density at radius 2 is 2.06 bits per heavy atom. The van der Waals surface area contributed by atoms with Crippen LogP contribution in [0, 0.1) is 28.4 Å². The number of hydrogen-bond donors (Lipinski definition) is 1. The molecule has 0 unspecified atom stereocenters. The average molecular weight is 241 g/mol. The highest BCUT2D eigenvalue weighted by Crippen LogP contribution is 2.29. The van der Waals surface area contributed by atoms with E-state index in [0.717, 1.165) is 0 Å². The molecule has 0 aromatic heterocycles. The minimum Gasteiger partial charge on any atom is -0.304 e. The maximum atomic E-state index is 10.8. The SMILES string of the molecule is Cc1c([N+](=O)[O-])ccc(Cl)c1C(=N)C(C)C. The van der Waals surface area contributed by atoms with Crippen molar-refractivity contribution < 1.29 is 4.92 Å². The number of nitro groups is 1. The van der Waals surface area contributed by atoms with Crippen LogP contribution < -0.4 is 0 Å². The molecule has 16 heavy (non-hydrogen) atoms. The van der Waals surface area contributed by atoms with Gasteiger partial charge < -0.3 is 5.41 Å². The maximum absolute atomic E-state index is 10.8. The van der Waals surface area contributed by atoms with Crippen molar-refractivity contribution in [2.24, 2.45) is 5.92 Å². The molecule has 5 heteroatoms. The van der Waals surface area contributed by atoms with E-state index in [1.807, 2.05) is 13.8 Å². The van der Waals surface area contributed by atoms with Crippen molar-refractivity contribution in [2.45, 2.75) is 20.8 Å². The normalized spacial score (nSPS) is 10.6. The monoisotopic (exact) mass is 240 g/mol. The minimum absolute atomic E-state index is 0.00444. The van der Waals surface area contributed by atoms with Gasteiger partial charge in [0.25, 0.3) is 5.69 Å². The third-order valence-corrected chi connectivity index (χ3v) is 2.74. The highest BCUT2D eigenvalue weighted by molar-refractivity contribution is 6.34. The summed E-state index contributed by atoms with van der Waals surface area (Å²) in [6.07, 6.45) is 0. The van der Waals surface area contributed by atoms with Crippen LogP contribution in [0.2, 0.25) is 5.02 Å². The highest BCUT2D eigenvalue weighted by atomic mass is 35.5. The summed E-state index contributed by atoms with van der Waals surface area (Å²) in [6.45, 7) is 5.34. The molecular formula is C11H13ClN2O2. The molecule has 0 heterocycles. The van der Waals surface area contributed by atoms with Gasteiger partial charge in [0.05, 0.1) is 9.95 Å². The predicted octanol–water partition coefficient (Wildman–Crippen LogP) is 3.58. The lowest BCUT2D eigenvalue weighted by Gasteiger charge is -2.12. The highest BCUT2D eigenvalue weighted by Gasteiger charge is 2.20. The van der Waals surface area contributed by atoms with Gasteiger partial charge in [-0.1, -0.05) is 25.4 Å². The molecular weight excluding hydrogens is 228 g/mol. The Morgan fingerprint density at radius 3 is 2.50 bits per heavy atom. The number of hydrogen-bond acceptors (Lipinski definition) is 3. The first-order chi connectivity index (χ1) is 7.36. The van der Waals surface area contributed by atoms with Crippen LogP contribution >= 0.6 is 11.6 Å². The molecule has 0 aliphatic heterocycles. The smallest absolute Gasteiger partial charge is 0.273 e. The van der Waals surface area contributed by atoms with Crippen LogP contribution in [-0.4, -0.2) is 10.6 Å². The summed E-state index contributed by atoms with van der Waals surface area (Å²) in [5, 5.41) is 19.1. The minimum atomic E-state index is -0.456. The number of rotatable bonds is 3. The summed E-state index contributed by atoms with van der Waals surface area (Å²) in [7, 11) is 0. The van der Waals surface area contributed by atoms with Gasteiger partial charge in [0, 0.05) is 22.9 Å². The van der Waals surface area contributed by atoms with Gasteiger partial charge in [-0.25, -0.2) is 0 Å². The van der Waals surface area contributed by atoms with Crippen molar-refractivity contribution in [2.75, 3.05) is 0 Å². The fourth-order valence-electron chi connectivity index (χ4n) is 1.48. The van der Waals surface area contributed by atoms with Crippen LogP contribution in [0.4, 0.5) is 5.69 Å². The van der Waals surface area contributed by atoms with Gasteiger partial charge in [-0.05, 0) is 18.9 Å². The molecule has 0 spiro atoms. The van der Waals surface area contributed by atoms with Crippen LogP contribution in [0.5, 0.6) is 0 Å². The molecule has 0 radical (unpaired) electrons. The van der Waals surface area contributed by atoms with Crippen molar-refractivity contribution in [1.82, 2.24) is 0 Å². The van der Waals surface area contributed by atoms with E-state index in [4.69, 9.17) is 17.0 Å². The lowest BCUT2D eigenvalue weighted by Crippen LogP contribution is -2.11. The Labute approximate surface area is 98.9 Å². The molecule has 1 rings (SSSR count). The molecule has 0 amide bonds. The van der Waals surface area contributed by atoms with E-state index in [0.29, 0.717) is 21.9 Å². The first-order valence-electron chi connectivity index (χ1n) is 4.88. The van der Waals surface area contributed by atoms with E-state index in [2.05, 4.69) is 0 Å². The van der Waals surface area contributed by atoms with E-state index in [1.165, 1.54) is 12.1 Å². The van der Waals surface area contributed by atoms with E-state index >= 15 is 0 Å². The molecule has 1 aromatic rings. The van der Waals surface area contributed by atoms with Crippen molar-refractivity contribution in [3.8, 4) is 0 Å². The number of nitro benzene ring substituents is 1. The van der Waals surface area contributed by atoms with Crippen LogP contribution in [-0.2, 0) is 0 Å². The van der Waals surface area contributed by atoms with Crippen molar-refractivity contribution in [3.63, 3.8) is 0 Å². The Morgan fingerprint density at radius 1 is 1.50 bits per heavy atom. The van der Waals surface area contributed by atoms with Crippen LogP contribution in [0.3, 0.4) is 0 Å². The summed E-state index contributed by atoms with van der Waals surface area (Å²) in [5.41, 5.74) is 1.26. The molecule has 1 aromatic carbocycles. The second kappa shape index (κ2) is 4.61. The van der Waals surface area contributed by atoms with Crippen molar-refractivity contribution >= 4 is 23.0 Å². The van der Waals surface area contributed by atoms with Gasteiger partial charge in [0.1, 0.15) is 0 Å². The summed E-state index contributed by atoms with van der Waals surface area (Å²) >= 11 is 5.98.